The van der Waals surface area contributed by atoms with Crippen LogP contribution in [-0.2, 0) is 6.61 Å². The number of rotatable bonds is 5. The van der Waals surface area contributed by atoms with Gasteiger partial charge in [-0.1, -0.05) is 58.4 Å². The molecular weight excluding hydrogens is 537 g/mol. The van der Waals surface area contributed by atoms with Crippen molar-refractivity contribution in [2.45, 2.75) is 25.0 Å². The van der Waals surface area contributed by atoms with Crippen molar-refractivity contribution in [3.05, 3.63) is 98.2 Å². The lowest BCUT2D eigenvalue weighted by Crippen LogP contribution is -2.29. The van der Waals surface area contributed by atoms with Gasteiger partial charge < -0.3 is 14.8 Å². The van der Waals surface area contributed by atoms with E-state index in [1.165, 1.54) is 6.07 Å². The van der Waals surface area contributed by atoms with Gasteiger partial charge in [0.15, 0.2) is 11.5 Å². The van der Waals surface area contributed by atoms with Gasteiger partial charge in [0, 0.05) is 10.4 Å². The molecule has 3 atom stereocenters. The Bertz CT molecular complexity index is 1180. The van der Waals surface area contributed by atoms with Gasteiger partial charge in [0.05, 0.1) is 23.3 Å². The maximum atomic E-state index is 14.9. The van der Waals surface area contributed by atoms with Crippen molar-refractivity contribution in [2.75, 3.05) is 12.4 Å². The van der Waals surface area contributed by atoms with Crippen LogP contribution in [0.5, 0.6) is 11.5 Å². The maximum Gasteiger partial charge on any atom is 0.175 e. The van der Waals surface area contributed by atoms with E-state index in [9.17, 15) is 4.39 Å². The summed E-state index contributed by atoms with van der Waals surface area (Å²) in [6.45, 7) is 0.443. The van der Waals surface area contributed by atoms with Gasteiger partial charge in [-0.3, -0.25) is 0 Å². The summed E-state index contributed by atoms with van der Waals surface area (Å²) in [4.78, 5) is 0. The first-order valence-corrected chi connectivity index (χ1v) is 12.1. The van der Waals surface area contributed by atoms with Crippen LogP contribution < -0.4 is 14.8 Å². The zero-order valence-corrected chi connectivity index (χ0v) is 20.6. The van der Waals surface area contributed by atoms with E-state index in [0.717, 1.165) is 32.1 Å². The number of anilines is 1. The van der Waals surface area contributed by atoms with Gasteiger partial charge in [0.2, 0.25) is 0 Å². The Morgan fingerprint density at radius 3 is 2.69 bits per heavy atom. The molecule has 3 aromatic carbocycles. The van der Waals surface area contributed by atoms with E-state index >= 15 is 0 Å². The highest BCUT2D eigenvalue weighted by atomic mass is 79.9. The first kappa shape index (κ1) is 21.5. The summed E-state index contributed by atoms with van der Waals surface area (Å²) < 4.78 is 28.2. The Labute approximate surface area is 203 Å². The van der Waals surface area contributed by atoms with Gasteiger partial charge in [-0.15, -0.1) is 0 Å². The van der Waals surface area contributed by atoms with E-state index in [4.69, 9.17) is 9.47 Å². The molecule has 0 amide bonds. The van der Waals surface area contributed by atoms with Gasteiger partial charge in [0.25, 0.3) is 0 Å². The fourth-order valence-electron chi connectivity index (χ4n) is 4.74. The van der Waals surface area contributed by atoms with Crippen molar-refractivity contribution in [1.29, 1.82) is 0 Å². The molecule has 1 N–H and O–H groups in total. The summed E-state index contributed by atoms with van der Waals surface area (Å²) in [5, 5.41) is 3.48. The van der Waals surface area contributed by atoms with Crippen molar-refractivity contribution in [3.8, 4) is 11.5 Å². The summed E-state index contributed by atoms with van der Waals surface area (Å²) in [5.74, 6) is 1.53. The molecule has 32 heavy (non-hydrogen) atoms. The fourth-order valence-corrected chi connectivity index (χ4v) is 5.76. The predicted octanol–water partition coefficient (Wildman–Crippen LogP) is 7.76. The van der Waals surface area contributed by atoms with Gasteiger partial charge in [0.1, 0.15) is 12.4 Å². The van der Waals surface area contributed by atoms with Crippen LogP contribution in [0.2, 0.25) is 0 Å². The van der Waals surface area contributed by atoms with Gasteiger partial charge in [-0.2, -0.15) is 0 Å². The Morgan fingerprint density at radius 2 is 1.91 bits per heavy atom. The molecule has 1 aliphatic carbocycles. The molecule has 0 fully saturated rings. The zero-order chi connectivity index (χ0) is 22.2. The van der Waals surface area contributed by atoms with E-state index in [1.54, 1.807) is 7.11 Å². The van der Waals surface area contributed by atoms with Crippen molar-refractivity contribution in [1.82, 2.24) is 0 Å². The summed E-state index contributed by atoms with van der Waals surface area (Å²) in [7, 11) is 1.64. The number of ether oxygens (including phenoxy) is 2. The summed E-state index contributed by atoms with van der Waals surface area (Å²) in [6, 6.07) is 17.6. The normalized spacial score (nSPS) is 20.9. The largest absolute Gasteiger partial charge is 0.493 e. The SMILES string of the molecule is COc1cc([C@@H]2Nc3c(F)cc(Br)cc3[C@H]3C=CC[C@H]32)cc(Br)c1OCc1ccccc1. The average molecular weight is 559 g/mol. The first-order chi connectivity index (χ1) is 15.5. The third-order valence-electron chi connectivity index (χ3n) is 6.22. The third-order valence-corrected chi connectivity index (χ3v) is 7.27. The molecule has 0 bridgehead atoms. The van der Waals surface area contributed by atoms with Crippen molar-refractivity contribution >= 4 is 37.5 Å². The Kier molecular flexibility index (Phi) is 5.99. The van der Waals surface area contributed by atoms with E-state index in [1.807, 2.05) is 42.5 Å². The smallest absolute Gasteiger partial charge is 0.175 e. The predicted molar refractivity (Wildman–Crippen MR) is 132 cm³/mol. The molecular formula is C26H22Br2FNO2. The second-order valence-electron chi connectivity index (χ2n) is 8.14. The molecule has 3 aromatic rings. The standard InChI is InChI=1S/C26H22Br2FNO2/c1-31-23-11-16(10-21(28)26(23)32-14-15-6-3-2-4-7-15)24-19-9-5-8-18(19)20-12-17(27)13-22(29)25(20)30-24/h2-8,10-13,18-19,24,30H,9,14H2,1H3/t18-,19+,24-/m0/s1. The highest BCUT2D eigenvalue weighted by Gasteiger charge is 2.39. The molecule has 0 unspecified atom stereocenters. The lowest BCUT2D eigenvalue weighted by molar-refractivity contribution is 0.282. The van der Waals surface area contributed by atoms with E-state index < -0.39 is 0 Å². The van der Waals surface area contributed by atoms with E-state index in [2.05, 4.69) is 55.4 Å². The number of benzene rings is 3. The van der Waals surface area contributed by atoms with Gasteiger partial charge >= 0.3 is 0 Å². The van der Waals surface area contributed by atoms with Crippen LogP contribution in [0.1, 0.15) is 35.1 Å². The van der Waals surface area contributed by atoms with Crippen LogP contribution in [0, 0.1) is 11.7 Å². The zero-order valence-electron chi connectivity index (χ0n) is 17.4. The molecule has 0 aromatic heterocycles. The Hall–Kier alpha value is -2.31. The van der Waals surface area contributed by atoms with Crippen molar-refractivity contribution in [3.63, 3.8) is 0 Å². The quantitative estimate of drug-likeness (QED) is 0.324. The monoisotopic (exact) mass is 557 g/mol. The van der Waals surface area contributed by atoms with Crippen molar-refractivity contribution in [2.24, 2.45) is 5.92 Å². The lowest BCUT2D eigenvalue weighted by Gasteiger charge is -2.38. The first-order valence-electron chi connectivity index (χ1n) is 10.5. The molecule has 1 aliphatic heterocycles. The molecule has 0 saturated carbocycles. The topological polar surface area (TPSA) is 30.5 Å². The molecule has 0 radical (unpaired) electrons. The molecule has 0 spiro atoms. The minimum Gasteiger partial charge on any atom is -0.493 e. The number of fused-ring (bicyclic) bond motifs is 3. The minimum absolute atomic E-state index is 0.0495. The molecule has 0 saturated heterocycles. The average Bonchev–Trinajstić information content (AvgIpc) is 3.28. The third kappa shape index (κ3) is 3.95. The summed E-state index contributed by atoms with van der Waals surface area (Å²) in [5.41, 5.74) is 3.69. The van der Waals surface area contributed by atoms with Crippen LogP contribution in [0.15, 0.2) is 75.7 Å². The highest BCUT2D eigenvalue weighted by Crippen LogP contribution is 2.52. The highest BCUT2D eigenvalue weighted by molar-refractivity contribution is 9.10. The maximum absolute atomic E-state index is 14.9. The molecule has 2 aliphatic rings. The lowest BCUT2D eigenvalue weighted by atomic mass is 9.77. The van der Waals surface area contributed by atoms with Crippen LogP contribution in [0.25, 0.3) is 0 Å². The number of halogens is 3. The molecule has 3 nitrogen and oxygen atoms in total. The van der Waals surface area contributed by atoms with Crippen LogP contribution in [0.4, 0.5) is 10.1 Å². The number of hydrogen-bond acceptors (Lipinski definition) is 3. The summed E-state index contributed by atoms with van der Waals surface area (Å²) >= 11 is 7.12. The number of methoxy groups -OCH3 is 1. The molecule has 164 valence electrons. The van der Waals surface area contributed by atoms with Gasteiger partial charge in [-0.05, 0) is 69.2 Å². The van der Waals surface area contributed by atoms with Crippen molar-refractivity contribution < 1.29 is 13.9 Å². The van der Waals surface area contributed by atoms with Gasteiger partial charge in [-0.25, -0.2) is 4.39 Å². The molecule has 6 heteroatoms. The number of nitrogens with one attached hydrogen (secondary N) is 1. The summed E-state index contributed by atoms with van der Waals surface area (Å²) in [6.07, 6.45) is 5.33. The van der Waals surface area contributed by atoms with Crippen LogP contribution in [-0.4, -0.2) is 7.11 Å². The fraction of sp³-hybridized carbons (Fsp3) is 0.231. The second kappa shape index (κ2) is 8.91. The second-order valence-corrected chi connectivity index (χ2v) is 9.91. The van der Waals surface area contributed by atoms with E-state index in [-0.39, 0.29) is 17.8 Å². The number of hydrogen-bond donors (Lipinski definition) is 1. The van der Waals surface area contributed by atoms with Crippen LogP contribution in [0.3, 0.4) is 0 Å². The Morgan fingerprint density at radius 1 is 1.09 bits per heavy atom. The minimum atomic E-state index is -0.244. The Balaban J connectivity index is 1.49. The van der Waals surface area contributed by atoms with E-state index in [0.29, 0.717) is 29.7 Å². The molecule has 5 rings (SSSR count). The van der Waals surface area contributed by atoms with Crippen LogP contribution >= 0.6 is 31.9 Å². The molecule has 1 heterocycles. The number of allylic oxidation sites excluding steroid dienone is 2.